The molecule has 1 heterocycles. The molecule has 1 aromatic carbocycles. The van der Waals surface area contributed by atoms with E-state index in [0.29, 0.717) is 25.3 Å². The maximum Gasteiger partial charge on any atom is 0.240 e. The molecule has 1 saturated heterocycles. The summed E-state index contributed by atoms with van der Waals surface area (Å²) in [7, 11) is -3.67. The van der Waals surface area contributed by atoms with Crippen molar-refractivity contribution in [3.05, 3.63) is 23.5 Å². The number of sulfonamides is 1. The second-order valence-electron chi connectivity index (χ2n) is 4.72. The fourth-order valence-corrected chi connectivity index (χ4v) is 3.38. The summed E-state index contributed by atoms with van der Waals surface area (Å²) in [6.07, 6.45) is 0.840. The number of hydrogen-bond acceptors (Lipinski definition) is 4. The molecule has 7 heteroatoms. The largest absolute Gasteiger partial charge is 0.396 e. The fourth-order valence-electron chi connectivity index (χ4n) is 2.01. The van der Waals surface area contributed by atoms with Crippen molar-refractivity contribution in [3.8, 4) is 0 Å². The molecule has 106 valence electrons. The number of halogens is 1. The van der Waals surface area contributed by atoms with Crippen LogP contribution in [0.25, 0.3) is 0 Å². The van der Waals surface area contributed by atoms with E-state index < -0.39 is 15.8 Å². The maximum atomic E-state index is 13.2. The number of benzene rings is 1. The zero-order valence-electron chi connectivity index (χ0n) is 10.6. The van der Waals surface area contributed by atoms with Crippen LogP contribution in [-0.4, -0.2) is 28.2 Å². The SMILES string of the molecule is Cc1cc(F)c(N)cc1S(=O)(=O)NCC1CCOC1. The molecule has 1 atom stereocenters. The standard InChI is InChI=1S/C12H17FN2O3S/c1-8-4-10(13)11(14)5-12(8)19(16,17)15-6-9-2-3-18-7-9/h4-5,9,15H,2-3,6-7,14H2,1H3. The molecule has 0 aromatic heterocycles. The minimum Gasteiger partial charge on any atom is -0.396 e. The molecule has 1 aromatic rings. The average molecular weight is 288 g/mol. The maximum absolute atomic E-state index is 13.2. The average Bonchev–Trinajstić information content (AvgIpc) is 2.84. The number of nitrogen functional groups attached to an aromatic ring is 1. The Bertz CT molecular complexity index is 569. The van der Waals surface area contributed by atoms with Gasteiger partial charge in [-0.05, 0) is 37.0 Å². The number of aryl methyl sites for hydroxylation is 1. The Kier molecular flexibility index (Phi) is 4.07. The third-order valence-electron chi connectivity index (χ3n) is 3.17. The third-order valence-corrected chi connectivity index (χ3v) is 4.74. The van der Waals surface area contributed by atoms with E-state index in [4.69, 9.17) is 10.5 Å². The van der Waals surface area contributed by atoms with Crippen LogP contribution in [0.5, 0.6) is 0 Å². The van der Waals surface area contributed by atoms with Crippen molar-refractivity contribution in [2.45, 2.75) is 18.2 Å². The second kappa shape index (κ2) is 5.44. The molecule has 1 fully saturated rings. The molecule has 1 aliphatic heterocycles. The fraction of sp³-hybridized carbons (Fsp3) is 0.500. The summed E-state index contributed by atoms with van der Waals surface area (Å²) < 4.78 is 45.2. The molecule has 0 bridgehead atoms. The lowest BCUT2D eigenvalue weighted by molar-refractivity contribution is 0.186. The minimum atomic E-state index is -3.67. The van der Waals surface area contributed by atoms with Crippen LogP contribution in [0.4, 0.5) is 10.1 Å². The van der Waals surface area contributed by atoms with Gasteiger partial charge in [0.25, 0.3) is 0 Å². The number of hydrogen-bond donors (Lipinski definition) is 2. The van der Waals surface area contributed by atoms with Crippen molar-refractivity contribution in [2.24, 2.45) is 5.92 Å². The molecule has 0 spiro atoms. The second-order valence-corrected chi connectivity index (χ2v) is 6.46. The number of anilines is 1. The minimum absolute atomic E-state index is 0.0188. The lowest BCUT2D eigenvalue weighted by atomic mass is 10.1. The summed E-state index contributed by atoms with van der Waals surface area (Å²) in [5, 5.41) is 0. The summed E-state index contributed by atoms with van der Waals surface area (Å²) in [6, 6.07) is 2.28. The predicted molar refractivity (Wildman–Crippen MR) is 69.7 cm³/mol. The Morgan fingerprint density at radius 1 is 1.53 bits per heavy atom. The van der Waals surface area contributed by atoms with E-state index in [0.717, 1.165) is 18.6 Å². The van der Waals surface area contributed by atoms with Gasteiger partial charge < -0.3 is 10.5 Å². The molecule has 2 rings (SSSR count). The Hall–Kier alpha value is -1.18. The highest BCUT2D eigenvalue weighted by molar-refractivity contribution is 7.89. The van der Waals surface area contributed by atoms with E-state index in [9.17, 15) is 12.8 Å². The smallest absolute Gasteiger partial charge is 0.240 e. The van der Waals surface area contributed by atoms with Crippen molar-refractivity contribution in [1.82, 2.24) is 4.72 Å². The van der Waals surface area contributed by atoms with Crippen LogP contribution in [0.1, 0.15) is 12.0 Å². The van der Waals surface area contributed by atoms with Crippen molar-refractivity contribution in [3.63, 3.8) is 0 Å². The number of rotatable bonds is 4. The molecule has 1 aliphatic rings. The van der Waals surface area contributed by atoms with Crippen LogP contribution in [0.15, 0.2) is 17.0 Å². The molecule has 19 heavy (non-hydrogen) atoms. The van der Waals surface area contributed by atoms with Crippen LogP contribution in [0, 0.1) is 18.7 Å². The summed E-state index contributed by atoms with van der Waals surface area (Å²) in [5.74, 6) is -0.423. The summed E-state index contributed by atoms with van der Waals surface area (Å²) >= 11 is 0. The first-order chi connectivity index (χ1) is 8.90. The molecule has 0 amide bonds. The van der Waals surface area contributed by atoms with Gasteiger partial charge in [0, 0.05) is 13.2 Å². The van der Waals surface area contributed by atoms with Gasteiger partial charge in [0.1, 0.15) is 5.82 Å². The van der Waals surface area contributed by atoms with Crippen molar-refractivity contribution in [1.29, 1.82) is 0 Å². The highest BCUT2D eigenvalue weighted by atomic mass is 32.2. The van der Waals surface area contributed by atoms with Crippen LogP contribution >= 0.6 is 0 Å². The molecule has 5 nitrogen and oxygen atoms in total. The zero-order valence-corrected chi connectivity index (χ0v) is 11.5. The van der Waals surface area contributed by atoms with Gasteiger partial charge in [0.2, 0.25) is 10.0 Å². The summed E-state index contributed by atoms with van der Waals surface area (Å²) in [5.41, 5.74) is 5.58. The molecule has 0 saturated carbocycles. The predicted octanol–water partition coefficient (Wildman–Crippen LogP) is 1.03. The highest BCUT2D eigenvalue weighted by Gasteiger charge is 2.22. The van der Waals surface area contributed by atoms with Gasteiger partial charge in [-0.3, -0.25) is 0 Å². The van der Waals surface area contributed by atoms with Crippen molar-refractivity contribution in [2.75, 3.05) is 25.5 Å². The third kappa shape index (κ3) is 3.23. The van der Waals surface area contributed by atoms with Crippen molar-refractivity contribution < 1.29 is 17.5 Å². The van der Waals surface area contributed by atoms with Crippen LogP contribution in [-0.2, 0) is 14.8 Å². The van der Waals surface area contributed by atoms with Crippen LogP contribution < -0.4 is 10.5 Å². The first-order valence-electron chi connectivity index (χ1n) is 6.03. The van der Waals surface area contributed by atoms with E-state index in [2.05, 4.69) is 4.72 Å². The van der Waals surface area contributed by atoms with E-state index in [1.807, 2.05) is 0 Å². The molecule has 0 radical (unpaired) electrons. The first kappa shape index (κ1) is 14.2. The quantitative estimate of drug-likeness (QED) is 0.811. The highest BCUT2D eigenvalue weighted by Crippen LogP contribution is 2.22. The van der Waals surface area contributed by atoms with E-state index >= 15 is 0 Å². The van der Waals surface area contributed by atoms with Gasteiger partial charge in [-0.25, -0.2) is 17.5 Å². The molecule has 0 aliphatic carbocycles. The van der Waals surface area contributed by atoms with Gasteiger partial charge in [-0.2, -0.15) is 0 Å². The topological polar surface area (TPSA) is 81.4 Å². The van der Waals surface area contributed by atoms with Gasteiger partial charge >= 0.3 is 0 Å². The van der Waals surface area contributed by atoms with Gasteiger partial charge in [0.15, 0.2) is 0 Å². The Morgan fingerprint density at radius 2 is 2.26 bits per heavy atom. The van der Waals surface area contributed by atoms with Crippen LogP contribution in [0.2, 0.25) is 0 Å². The zero-order chi connectivity index (χ0) is 14.0. The van der Waals surface area contributed by atoms with Crippen molar-refractivity contribution >= 4 is 15.7 Å². The normalized spacial score (nSPS) is 19.8. The lowest BCUT2D eigenvalue weighted by Crippen LogP contribution is -2.30. The van der Waals surface area contributed by atoms with E-state index in [1.54, 1.807) is 0 Å². The Morgan fingerprint density at radius 3 is 2.89 bits per heavy atom. The monoisotopic (exact) mass is 288 g/mol. The van der Waals surface area contributed by atoms with E-state index in [-0.39, 0.29) is 16.5 Å². The molecular weight excluding hydrogens is 271 g/mol. The lowest BCUT2D eigenvalue weighted by Gasteiger charge is -2.12. The Balaban J connectivity index is 2.16. The van der Waals surface area contributed by atoms with Gasteiger partial charge in [-0.15, -0.1) is 0 Å². The van der Waals surface area contributed by atoms with Gasteiger partial charge in [0.05, 0.1) is 17.2 Å². The van der Waals surface area contributed by atoms with Gasteiger partial charge in [-0.1, -0.05) is 0 Å². The Labute approximate surface area is 112 Å². The number of nitrogens with one attached hydrogen (secondary N) is 1. The molecule has 1 unspecified atom stereocenters. The van der Waals surface area contributed by atoms with Crippen LogP contribution in [0.3, 0.4) is 0 Å². The summed E-state index contributed by atoms with van der Waals surface area (Å²) in [4.78, 5) is 0.0188. The molecule has 3 N–H and O–H groups in total. The number of nitrogens with two attached hydrogens (primary N) is 1. The summed E-state index contributed by atoms with van der Waals surface area (Å²) in [6.45, 7) is 3.08. The number of ether oxygens (including phenoxy) is 1. The first-order valence-corrected chi connectivity index (χ1v) is 7.51. The molecular formula is C12H17FN2O3S. The van der Waals surface area contributed by atoms with E-state index in [1.165, 1.54) is 6.92 Å².